The molecule has 0 aromatic rings. The van der Waals surface area contributed by atoms with Crippen molar-refractivity contribution in [2.24, 2.45) is 10.9 Å². The molecular formula is C12H21N3O3. The van der Waals surface area contributed by atoms with Crippen molar-refractivity contribution in [3.8, 4) is 0 Å². The Morgan fingerprint density at radius 2 is 2.11 bits per heavy atom. The monoisotopic (exact) mass is 255 g/mol. The van der Waals surface area contributed by atoms with Crippen molar-refractivity contribution in [2.75, 3.05) is 39.4 Å². The Morgan fingerprint density at radius 1 is 1.44 bits per heavy atom. The van der Waals surface area contributed by atoms with E-state index in [1.54, 1.807) is 13.1 Å². The Kier molecular flexibility index (Phi) is 4.01. The number of allylic oxidation sites excluding steroid dienone is 1. The highest BCUT2D eigenvalue weighted by Crippen LogP contribution is 2.33. The first-order valence-corrected chi connectivity index (χ1v) is 6.28. The molecule has 1 saturated heterocycles. The van der Waals surface area contributed by atoms with Crippen molar-refractivity contribution in [1.29, 1.82) is 0 Å². The van der Waals surface area contributed by atoms with Gasteiger partial charge < -0.3 is 20.6 Å². The van der Waals surface area contributed by atoms with Crippen LogP contribution >= 0.6 is 0 Å². The molecule has 18 heavy (non-hydrogen) atoms. The fraction of sp³-hybridized carbons (Fsp3) is 0.750. The first-order chi connectivity index (χ1) is 8.65. The van der Waals surface area contributed by atoms with Gasteiger partial charge in [-0.3, -0.25) is 9.89 Å². The van der Waals surface area contributed by atoms with Gasteiger partial charge in [0.25, 0.3) is 0 Å². The third kappa shape index (κ3) is 2.05. The molecule has 2 atom stereocenters. The summed E-state index contributed by atoms with van der Waals surface area (Å²) in [6.07, 6.45) is 1.67. The van der Waals surface area contributed by atoms with E-state index in [1.165, 1.54) is 0 Å². The number of aliphatic imine (C=N–C) groups is 1. The second kappa shape index (κ2) is 5.36. The van der Waals surface area contributed by atoms with Crippen LogP contribution in [0.3, 0.4) is 0 Å². The molecule has 0 amide bonds. The van der Waals surface area contributed by atoms with Gasteiger partial charge in [0.05, 0.1) is 30.4 Å². The standard InChI is InChI=1S/C12H21N3O3/c1-9-11(18)10(6-16)12(8-17,7-14-9)15-4-2-13-3-5-15/h7,10,13,16-18H,2-6,8H2,1H3. The van der Waals surface area contributed by atoms with Crippen LogP contribution in [0.1, 0.15) is 6.92 Å². The molecule has 0 aromatic carbocycles. The zero-order valence-electron chi connectivity index (χ0n) is 10.6. The van der Waals surface area contributed by atoms with Gasteiger partial charge >= 0.3 is 0 Å². The van der Waals surface area contributed by atoms with Gasteiger partial charge in [-0.2, -0.15) is 0 Å². The maximum atomic E-state index is 10.1. The molecule has 0 bridgehead atoms. The normalized spacial score (nSPS) is 34.1. The summed E-state index contributed by atoms with van der Waals surface area (Å²) in [6.45, 7) is 4.51. The van der Waals surface area contributed by atoms with Crippen LogP contribution in [0.2, 0.25) is 0 Å². The van der Waals surface area contributed by atoms with Gasteiger partial charge in [-0.05, 0) is 6.92 Å². The number of piperazine rings is 1. The highest BCUT2D eigenvalue weighted by Gasteiger charge is 2.46. The summed E-state index contributed by atoms with van der Waals surface area (Å²) < 4.78 is 0. The van der Waals surface area contributed by atoms with E-state index < -0.39 is 11.5 Å². The van der Waals surface area contributed by atoms with E-state index in [2.05, 4.69) is 15.2 Å². The van der Waals surface area contributed by atoms with Crippen LogP contribution in [0.4, 0.5) is 0 Å². The van der Waals surface area contributed by atoms with Crippen molar-refractivity contribution < 1.29 is 15.3 Å². The highest BCUT2D eigenvalue weighted by atomic mass is 16.3. The smallest absolute Gasteiger partial charge is 0.121 e. The highest BCUT2D eigenvalue weighted by molar-refractivity contribution is 5.75. The van der Waals surface area contributed by atoms with Crippen LogP contribution in [0.5, 0.6) is 0 Å². The van der Waals surface area contributed by atoms with E-state index in [0.717, 1.165) is 26.2 Å². The molecule has 2 heterocycles. The van der Waals surface area contributed by atoms with Crippen LogP contribution in [-0.4, -0.2) is 71.4 Å². The number of hydrogen-bond acceptors (Lipinski definition) is 6. The lowest BCUT2D eigenvalue weighted by molar-refractivity contribution is 0.00561. The van der Waals surface area contributed by atoms with Crippen molar-refractivity contribution in [3.63, 3.8) is 0 Å². The zero-order valence-corrected chi connectivity index (χ0v) is 10.6. The molecule has 0 radical (unpaired) electrons. The lowest BCUT2D eigenvalue weighted by atomic mass is 9.80. The number of nitrogens with zero attached hydrogens (tertiary/aromatic N) is 2. The molecule has 2 aliphatic rings. The van der Waals surface area contributed by atoms with Crippen molar-refractivity contribution in [1.82, 2.24) is 10.2 Å². The number of hydrogen-bond donors (Lipinski definition) is 4. The molecule has 2 aliphatic heterocycles. The van der Waals surface area contributed by atoms with Crippen LogP contribution in [0.15, 0.2) is 16.4 Å². The Morgan fingerprint density at radius 3 is 2.67 bits per heavy atom. The number of aliphatic hydroxyl groups is 3. The molecule has 0 aliphatic carbocycles. The quantitative estimate of drug-likeness (QED) is 0.525. The molecule has 2 unspecified atom stereocenters. The SMILES string of the molecule is CC1=C(O)C(CO)C(CO)(N2CCNCC2)C=N1. The Hall–Kier alpha value is -0.950. The van der Waals surface area contributed by atoms with Crippen LogP contribution < -0.4 is 5.32 Å². The van der Waals surface area contributed by atoms with Gasteiger partial charge in [0.1, 0.15) is 5.76 Å². The molecule has 4 N–H and O–H groups in total. The van der Waals surface area contributed by atoms with Gasteiger partial charge in [0.2, 0.25) is 0 Å². The average molecular weight is 255 g/mol. The molecule has 0 spiro atoms. The van der Waals surface area contributed by atoms with Crippen molar-refractivity contribution in [3.05, 3.63) is 11.5 Å². The molecule has 2 rings (SSSR count). The summed E-state index contributed by atoms with van der Waals surface area (Å²) >= 11 is 0. The van der Waals surface area contributed by atoms with E-state index in [1.807, 2.05) is 0 Å². The van der Waals surface area contributed by atoms with Gasteiger partial charge in [0.15, 0.2) is 0 Å². The van der Waals surface area contributed by atoms with E-state index in [-0.39, 0.29) is 19.0 Å². The summed E-state index contributed by atoms with van der Waals surface area (Å²) in [5.74, 6) is -0.439. The minimum atomic E-state index is -0.791. The summed E-state index contributed by atoms with van der Waals surface area (Å²) in [4.78, 5) is 6.26. The lowest BCUT2D eigenvalue weighted by Gasteiger charge is -2.47. The van der Waals surface area contributed by atoms with E-state index >= 15 is 0 Å². The lowest BCUT2D eigenvalue weighted by Crippen LogP contribution is -2.64. The van der Waals surface area contributed by atoms with E-state index in [0.29, 0.717) is 5.70 Å². The van der Waals surface area contributed by atoms with Crippen LogP contribution in [-0.2, 0) is 0 Å². The molecule has 6 nitrogen and oxygen atoms in total. The number of nitrogens with one attached hydrogen (secondary N) is 1. The largest absolute Gasteiger partial charge is 0.510 e. The Labute approximate surface area is 107 Å². The molecule has 6 heteroatoms. The third-order valence-electron chi connectivity index (χ3n) is 3.93. The van der Waals surface area contributed by atoms with Gasteiger partial charge in [0, 0.05) is 32.4 Å². The topological polar surface area (TPSA) is 88.3 Å². The summed E-state index contributed by atoms with van der Waals surface area (Å²) in [5, 5.41) is 32.7. The fourth-order valence-electron chi connectivity index (χ4n) is 2.73. The van der Waals surface area contributed by atoms with Gasteiger partial charge in [-0.1, -0.05) is 0 Å². The fourth-order valence-corrected chi connectivity index (χ4v) is 2.73. The zero-order chi connectivity index (χ0) is 13.2. The molecular weight excluding hydrogens is 234 g/mol. The predicted octanol–water partition coefficient (Wildman–Crippen LogP) is -0.895. The molecule has 1 fully saturated rings. The molecule has 0 aromatic heterocycles. The maximum absolute atomic E-state index is 10.1. The maximum Gasteiger partial charge on any atom is 0.121 e. The minimum Gasteiger partial charge on any atom is -0.510 e. The van der Waals surface area contributed by atoms with Gasteiger partial charge in [-0.25, -0.2) is 0 Å². The molecule has 0 saturated carbocycles. The number of aliphatic hydroxyl groups excluding tert-OH is 3. The first kappa shape index (κ1) is 13.5. The summed E-state index contributed by atoms with van der Waals surface area (Å²) in [5.41, 5.74) is -0.284. The first-order valence-electron chi connectivity index (χ1n) is 6.28. The van der Waals surface area contributed by atoms with Crippen molar-refractivity contribution in [2.45, 2.75) is 12.5 Å². The van der Waals surface area contributed by atoms with E-state index in [4.69, 9.17) is 0 Å². The Bertz CT molecular complexity index is 364. The van der Waals surface area contributed by atoms with Crippen LogP contribution in [0, 0.1) is 5.92 Å². The summed E-state index contributed by atoms with van der Waals surface area (Å²) in [7, 11) is 0. The van der Waals surface area contributed by atoms with Gasteiger partial charge in [-0.15, -0.1) is 0 Å². The predicted molar refractivity (Wildman–Crippen MR) is 68.7 cm³/mol. The van der Waals surface area contributed by atoms with E-state index in [9.17, 15) is 15.3 Å². The van der Waals surface area contributed by atoms with Crippen LogP contribution in [0.25, 0.3) is 0 Å². The average Bonchev–Trinajstić information content (AvgIpc) is 2.43. The molecule has 102 valence electrons. The second-order valence-electron chi connectivity index (χ2n) is 4.85. The van der Waals surface area contributed by atoms with Crippen molar-refractivity contribution >= 4 is 6.21 Å². The summed E-state index contributed by atoms with van der Waals surface area (Å²) in [6, 6.07) is 0. The third-order valence-corrected chi connectivity index (χ3v) is 3.93. The Balaban J connectivity index is 2.33. The second-order valence-corrected chi connectivity index (χ2v) is 4.85. The number of rotatable bonds is 3. The minimum absolute atomic E-state index is 0.0765.